The first kappa shape index (κ1) is 17.1. The van der Waals surface area contributed by atoms with Gasteiger partial charge in [-0.15, -0.1) is 0 Å². The molecule has 0 aliphatic carbocycles. The van der Waals surface area contributed by atoms with E-state index in [1.165, 1.54) is 24.3 Å². The first-order valence-corrected chi connectivity index (χ1v) is 8.45. The molecule has 9 heteroatoms. The highest BCUT2D eigenvalue weighted by molar-refractivity contribution is 7.89. The summed E-state index contributed by atoms with van der Waals surface area (Å²) in [5, 5.41) is 8.18. The van der Waals surface area contributed by atoms with Crippen LogP contribution in [0, 0.1) is 0 Å². The van der Waals surface area contributed by atoms with Crippen molar-refractivity contribution in [3.63, 3.8) is 0 Å². The summed E-state index contributed by atoms with van der Waals surface area (Å²) in [6, 6.07) is 8.29. The van der Waals surface area contributed by atoms with Crippen LogP contribution in [0.3, 0.4) is 0 Å². The predicted molar refractivity (Wildman–Crippen MR) is 87.2 cm³/mol. The molecule has 0 atom stereocenters. The van der Waals surface area contributed by atoms with Crippen LogP contribution in [-0.2, 0) is 10.0 Å². The molecule has 22 heavy (non-hydrogen) atoms. The highest BCUT2D eigenvalue weighted by Crippen LogP contribution is 2.27. The van der Waals surface area contributed by atoms with E-state index in [-0.39, 0.29) is 15.5 Å². The third-order valence-electron chi connectivity index (χ3n) is 2.68. The number of anilines is 1. The number of rotatable bonds is 3. The first-order valence-electron chi connectivity index (χ1n) is 5.77. The number of carbonyl (C=O) groups is 1. The lowest BCUT2D eigenvalue weighted by Crippen LogP contribution is -2.16. The number of nitrogens with one attached hydrogen (secondary N) is 1. The van der Waals surface area contributed by atoms with E-state index in [0.29, 0.717) is 15.7 Å². The van der Waals surface area contributed by atoms with E-state index in [2.05, 4.69) is 5.32 Å². The summed E-state index contributed by atoms with van der Waals surface area (Å²) in [6.45, 7) is 0. The predicted octanol–water partition coefficient (Wildman–Crippen LogP) is 3.55. The zero-order valence-corrected chi connectivity index (χ0v) is 13.9. The summed E-state index contributed by atoms with van der Waals surface area (Å²) in [4.78, 5) is 11.8. The van der Waals surface area contributed by atoms with Gasteiger partial charge in [-0.2, -0.15) is 0 Å². The maximum Gasteiger partial charge on any atom is 0.255 e. The van der Waals surface area contributed by atoms with Crippen LogP contribution in [0.4, 0.5) is 5.69 Å². The fraction of sp³-hybridized carbons (Fsp3) is 0. The van der Waals surface area contributed by atoms with Gasteiger partial charge < -0.3 is 5.32 Å². The van der Waals surface area contributed by atoms with E-state index >= 15 is 0 Å². The third-order valence-corrected chi connectivity index (χ3v) is 4.63. The van der Waals surface area contributed by atoms with E-state index in [9.17, 15) is 13.2 Å². The molecule has 1 amide bonds. The Balaban J connectivity index is 2.36. The van der Waals surface area contributed by atoms with Crippen LogP contribution in [-0.4, -0.2) is 14.3 Å². The van der Waals surface area contributed by atoms with E-state index in [0.717, 1.165) is 6.07 Å². The van der Waals surface area contributed by atoms with Crippen LogP contribution in [0.2, 0.25) is 15.1 Å². The van der Waals surface area contributed by atoms with Crippen LogP contribution in [0.5, 0.6) is 0 Å². The quantitative estimate of drug-likeness (QED) is 0.854. The Kier molecular flexibility index (Phi) is 4.99. The van der Waals surface area contributed by atoms with E-state index in [1.807, 2.05) is 0 Å². The Hall–Kier alpha value is -1.31. The molecule has 0 aromatic heterocycles. The minimum absolute atomic E-state index is 0.0597. The molecule has 0 saturated carbocycles. The zero-order valence-electron chi connectivity index (χ0n) is 10.8. The van der Waals surface area contributed by atoms with Gasteiger partial charge in [-0.05, 0) is 36.4 Å². The van der Waals surface area contributed by atoms with Crippen LogP contribution in [0.15, 0.2) is 41.3 Å². The fourth-order valence-electron chi connectivity index (χ4n) is 1.65. The summed E-state index contributed by atoms with van der Waals surface area (Å²) in [5.41, 5.74) is 0.357. The highest BCUT2D eigenvalue weighted by atomic mass is 35.5. The number of halogens is 3. The second-order valence-corrected chi connectivity index (χ2v) is 7.05. The van der Waals surface area contributed by atoms with Crippen molar-refractivity contribution in [1.82, 2.24) is 0 Å². The standard InChI is InChI=1S/C13H9Cl3N2O3S/c14-8-2-4-9(15)11(6-8)18-13(19)7-1-3-10(16)12(5-7)22(17,20)21/h1-6H,(H,18,19)(H2,17,20,21). The second kappa shape index (κ2) is 6.44. The second-order valence-electron chi connectivity index (χ2n) is 4.27. The summed E-state index contributed by atoms with van der Waals surface area (Å²) < 4.78 is 22.8. The molecule has 0 unspecified atom stereocenters. The van der Waals surface area contributed by atoms with Crippen molar-refractivity contribution in [1.29, 1.82) is 0 Å². The molecule has 0 fully saturated rings. The molecule has 3 N–H and O–H groups in total. The smallest absolute Gasteiger partial charge is 0.255 e. The summed E-state index contributed by atoms with van der Waals surface area (Å²) in [7, 11) is -4.04. The Bertz CT molecular complexity index is 854. The third kappa shape index (κ3) is 3.91. The minimum atomic E-state index is -4.04. The van der Waals surface area contributed by atoms with Crippen LogP contribution in [0.1, 0.15) is 10.4 Å². The molecule has 0 spiro atoms. The lowest BCUT2D eigenvalue weighted by atomic mass is 10.2. The maximum absolute atomic E-state index is 12.2. The topological polar surface area (TPSA) is 89.3 Å². The average Bonchev–Trinajstić information content (AvgIpc) is 2.42. The minimum Gasteiger partial charge on any atom is -0.321 e. The van der Waals surface area contributed by atoms with Gasteiger partial charge in [-0.25, -0.2) is 13.6 Å². The molecule has 0 aliphatic heterocycles. The molecule has 116 valence electrons. The molecule has 2 aromatic rings. The van der Waals surface area contributed by atoms with Crippen LogP contribution < -0.4 is 10.5 Å². The first-order chi connectivity index (χ1) is 10.2. The van der Waals surface area contributed by atoms with Crippen molar-refractivity contribution in [2.75, 3.05) is 5.32 Å². The lowest BCUT2D eigenvalue weighted by molar-refractivity contribution is 0.102. The maximum atomic E-state index is 12.2. The summed E-state index contributed by atoms with van der Waals surface area (Å²) in [5.74, 6) is -0.578. The number of amides is 1. The number of hydrogen-bond acceptors (Lipinski definition) is 3. The number of carbonyl (C=O) groups excluding carboxylic acids is 1. The Morgan fingerprint density at radius 1 is 1.00 bits per heavy atom. The normalized spacial score (nSPS) is 11.3. The van der Waals surface area contributed by atoms with Crippen LogP contribution in [0.25, 0.3) is 0 Å². The van der Waals surface area contributed by atoms with Gasteiger partial charge in [0, 0.05) is 10.6 Å². The monoisotopic (exact) mass is 378 g/mol. The largest absolute Gasteiger partial charge is 0.321 e. The van der Waals surface area contributed by atoms with Gasteiger partial charge in [0.15, 0.2) is 0 Å². The van der Waals surface area contributed by atoms with Crippen molar-refractivity contribution in [3.05, 3.63) is 57.0 Å². The van der Waals surface area contributed by atoms with Gasteiger partial charge in [-0.1, -0.05) is 34.8 Å². The molecule has 0 aliphatic rings. The Labute approximate surface area is 142 Å². The van der Waals surface area contributed by atoms with Crippen molar-refractivity contribution < 1.29 is 13.2 Å². The summed E-state index contributed by atoms with van der Waals surface area (Å²) in [6.07, 6.45) is 0. The van der Waals surface area contributed by atoms with Gasteiger partial charge in [0.25, 0.3) is 5.91 Å². The number of sulfonamides is 1. The zero-order chi connectivity index (χ0) is 16.5. The van der Waals surface area contributed by atoms with Crippen molar-refractivity contribution >= 4 is 56.4 Å². The fourth-order valence-corrected chi connectivity index (χ4v) is 3.06. The highest BCUT2D eigenvalue weighted by Gasteiger charge is 2.17. The van der Waals surface area contributed by atoms with Crippen molar-refractivity contribution in [2.45, 2.75) is 4.90 Å². The van der Waals surface area contributed by atoms with E-state index < -0.39 is 15.9 Å². The van der Waals surface area contributed by atoms with Crippen molar-refractivity contribution in [2.24, 2.45) is 5.14 Å². The number of hydrogen-bond donors (Lipinski definition) is 2. The molecule has 5 nitrogen and oxygen atoms in total. The SMILES string of the molecule is NS(=O)(=O)c1cc(C(=O)Nc2cc(Cl)ccc2Cl)ccc1Cl. The van der Waals surface area contributed by atoms with Gasteiger partial charge in [-0.3, -0.25) is 4.79 Å². The Morgan fingerprint density at radius 2 is 1.64 bits per heavy atom. The molecular weight excluding hydrogens is 371 g/mol. The van der Waals surface area contributed by atoms with Gasteiger partial charge >= 0.3 is 0 Å². The number of benzene rings is 2. The number of nitrogens with two attached hydrogens (primary N) is 1. The molecular formula is C13H9Cl3N2O3S. The van der Waals surface area contributed by atoms with Crippen LogP contribution >= 0.6 is 34.8 Å². The lowest BCUT2D eigenvalue weighted by Gasteiger charge is -2.09. The average molecular weight is 380 g/mol. The molecule has 2 aromatic carbocycles. The van der Waals surface area contributed by atoms with E-state index in [4.69, 9.17) is 39.9 Å². The molecule has 0 heterocycles. The molecule has 0 bridgehead atoms. The van der Waals surface area contributed by atoms with Gasteiger partial charge in [0.1, 0.15) is 4.90 Å². The molecule has 0 radical (unpaired) electrons. The Morgan fingerprint density at radius 3 is 2.27 bits per heavy atom. The van der Waals surface area contributed by atoms with E-state index in [1.54, 1.807) is 6.07 Å². The number of primary sulfonamides is 1. The molecule has 0 saturated heterocycles. The van der Waals surface area contributed by atoms with Gasteiger partial charge in [0.05, 0.1) is 15.7 Å². The summed E-state index contributed by atoms with van der Waals surface area (Å²) >= 11 is 17.5. The van der Waals surface area contributed by atoms with Crippen molar-refractivity contribution in [3.8, 4) is 0 Å². The van der Waals surface area contributed by atoms with Gasteiger partial charge in [0.2, 0.25) is 10.0 Å². The molecule has 2 rings (SSSR count).